The minimum absolute atomic E-state index is 0.786. The van der Waals surface area contributed by atoms with E-state index in [0.29, 0.717) is 0 Å². The van der Waals surface area contributed by atoms with Crippen LogP contribution < -0.4 is 0 Å². The summed E-state index contributed by atoms with van der Waals surface area (Å²) < 4.78 is 0. The predicted octanol–water partition coefficient (Wildman–Crippen LogP) is 3.62. The summed E-state index contributed by atoms with van der Waals surface area (Å²) in [6, 6.07) is 0. The van der Waals surface area contributed by atoms with E-state index in [0.717, 1.165) is 6.42 Å². The minimum atomic E-state index is -0.786. The fraction of sp³-hybridized carbons (Fsp3) is 0.412. The molecular formula is C17H22O. The fourth-order valence-corrected chi connectivity index (χ4v) is 1.21. The molecule has 0 saturated heterocycles. The van der Waals surface area contributed by atoms with Crippen molar-refractivity contribution in [2.24, 2.45) is 0 Å². The Labute approximate surface area is 111 Å². The van der Waals surface area contributed by atoms with Crippen LogP contribution in [0.25, 0.3) is 0 Å². The summed E-state index contributed by atoms with van der Waals surface area (Å²) in [5, 5.41) is 9.03. The first kappa shape index (κ1) is 16.3. The lowest BCUT2D eigenvalue weighted by molar-refractivity contribution is 0.281. The van der Waals surface area contributed by atoms with Crippen LogP contribution in [0.4, 0.5) is 0 Å². The van der Waals surface area contributed by atoms with Gasteiger partial charge < -0.3 is 5.11 Å². The molecule has 0 aromatic carbocycles. The maximum Gasteiger partial charge on any atom is 0.134 e. The first-order valence-electron chi connectivity index (χ1n) is 6.44. The monoisotopic (exact) mass is 242 g/mol. The molecule has 0 heterocycles. The Morgan fingerprint density at radius 2 is 2.00 bits per heavy atom. The smallest absolute Gasteiger partial charge is 0.134 e. The molecule has 0 amide bonds. The van der Waals surface area contributed by atoms with Gasteiger partial charge in [0.05, 0.1) is 0 Å². The molecule has 1 heteroatoms. The average Bonchev–Trinajstić information content (AvgIpc) is 2.39. The summed E-state index contributed by atoms with van der Waals surface area (Å²) in [5.74, 6) is 10.5. The number of aliphatic hydroxyl groups is 1. The van der Waals surface area contributed by atoms with E-state index in [1.54, 1.807) is 6.08 Å². The summed E-state index contributed by atoms with van der Waals surface area (Å²) in [7, 11) is 0. The molecule has 0 aliphatic carbocycles. The topological polar surface area (TPSA) is 20.2 Å². The standard InChI is InChI=1S/C17H22O/c1-3-5-6-7-8-9-10-11-12-13-14-15-16-17(18)4-2/h4,9-12,17-18H,2-3,5-8H2,1H3/b10-9+,12-11+. The highest BCUT2D eigenvalue weighted by atomic mass is 16.3. The molecule has 0 bridgehead atoms. The molecule has 1 atom stereocenters. The Kier molecular flexibility index (Phi) is 12.1. The number of hydrogen-bond acceptors (Lipinski definition) is 1. The minimum Gasteiger partial charge on any atom is -0.377 e. The average molecular weight is 242 g/mol. The SMILES string of the molecule is C=CC(O)C#CC#C/C=C/C=C/CCCCCC. The molecule has 0 aliphatic heterocycles. The second-order valence-electron chi connectivity index (χ2n) is 3.86. The predicted molar refractivity (Wildman–Crippen MR) is 78.8 cm³/mol. The van der Waals surface area contributed by atoms with Gasteiger partial charge in [-0.1, -0.05) is 68.9 Å². The Bertz CT molecular complexity index is 379. The van der Waals surface area contributed by atoms with Gasteiger partial charge in [0.2, 0.25) is 0 Å². The number of hydrogen-bond donors (Lipinski definition) is 1. The Morgan fingerprint density at radius 3 is 2.72 bits per heavy atom. The van der Waals surface area contributed by atoms with E-state index in [1.807, 2.05) is 12.2 Å². The van der Waals surface area contributed by atoms with Crippen molar-refractivity contribution in [3.05, 3.63) is 37.0 Å². The second-order valence-corrected chi connectivity index (χ2v) is 3.86. The van der Waals surface area contributed by atoms with E-state index in [-0.39, 0.29) is 0 Å². The highest BCUT2D eigenvalue weighted by Gasteiger charge is 1.84. The highest BCUT2D eigenvalue weighted by molar-refractivity contribution is 5.33. The van der Waals surface area contributed by atoms with E-state index in [4.69, 9.17) is 5.11 Å². The summed E-state index contributed by atoms with van der Waals surface area (Å²) in [6.07, 6.45) is 14.7. The third kappa shape index (κ3) is 12.4. The van der Waals surface area contributed by atoms with Crippen molar-refractivity contribution in [1.82, 2.24) is 0 Å². The Morgan fingerprint density at radius 1 is 1.17 bits per heavy atom. The van der Waals surface area contributed by atoms with E-state index < -0.39 is 6.10 Å². The van der Waals surface area contributed by atoms with Crippen molar-refractivity contribution in [2.75, 3.05) is 0 Å². The van der Waals surface area contributed by atoms with Crippen LogP contribution >= 0.6 is 0 Å². The van der Waals surface area contributed by atoms with Crippen LogP contribution in [0.15, 0.2) is 37.0 Å². The number of unbranched alkanes of at least 4 members (excludes halogenated alkanes) is 4. The molecule has 0 fully saturated rings. The zero-order valence-electron chi connectivity index (χ0n) is 11.2. The van der Waals surface area contributed by atoms with Gasteiger partial charge >= 0.3 is 0 Å². The zero-order chi connectivity index (χ0) is 13.5. The Hall–Kier alpha value is -1.70. The van der Waals surface area contributed by atoms with Gasteiger partial charge in [0.1, 0.15) is 6.10 Å². The third-order valence-corrected chi connectivity index (χ3v) is 2.23. The number of rotatable bonds is 7. The van der Waals surface area contributed by atoms with Gasteiger partial charge in [-0.05, 0) is 30.8 Å². The van der Waals surface area contributed by atoms with Crippen molar-refractivity contribution < 1.29 is 5.11 Å². The number of aliphatic hydroxyl groups excluding tert-OH is 1. The van der Waals surface area contributed by atoms with Gasteiger partial charge in [0.15, 0.2) is 0 Å². The summed E-state index contributed by atoms with van der Waals surface area (Å²) in [6.45, 7) is 5.63. The van der Waals surface area contributed by atoms with E-state index >= 15 is 0 Å². The summed E-state index contributed by atoms with van der Waals surface area (Å²) >= 11 is 0. The van der Waals surface area contributed by atoms with Crippen molar-refractivity contribution in [1.29, 1.82) is 0 Å². The second kappa shape index (κ2) is 13.4. The third-order valence-electron chi connectivity index (χ3n) is 2.23. The maximum absolute atomic E-state index is 9.03. The van der Waals surface area contributed by atoms with Gasteiger partial charge in [0.25, 0.3) is 0 Å². The lowest BCUT2D eigenvalue weighted by Gasteiger charge is -1.92. The highest BCUT2D eigenvalue weighted by Crippen LogP contribution is 2.02. The molecule has 0 saturated carbocycles. The van der Waals surface area contributed by atoms with Crippen molar-refractivity contribution >= 4 is 0 Å². The maximum atomic E-state index is 9.03. The van der Waals surface area contributed by atoms with Gasteiger partial charge in [-0.25, -0.2) is 0 Å². The van der Waals surface area contributed by atoms with Gasteiger partial charge in [0, 0.05) is 0 Å². The fourth-order valence-electron chi connectivity index (χ4n) is 1.21. The molecule has 0 radical (unpaired) electrons. The molecule has 0 aromatic heterocycles. The molecule has 1 N–H and O–H groups in total. The van der Waals surface area contributed by atoms with E-state index in [9.17, 15) is 0 Å². The van der Waals surface area contributed by atoms with Crippen LogP contribution in [0.5, 0.6) is 0 Å². The zero-order valence-corrected chi connectivity index (χ0v) is 11.2. The lowest BCUT2D eigenvalue weighted by Crippen LogP contribution is -1.94. The molecule has 1 nitrogen and oxygen atoms in total. The summed E-state index contributed by atoms with van der Waals surface area (Å²) in [5.41, 5.74) is 0. The summed E-state index contributed by atoms with van der Waals surface area (Å²) in [4.78, 5) is 0. The molecule has 0 aromatic rings. The van der Waals surface area contributed by atoms with Gasteiger partial charge in [-0.3, -0.25) is 0 Å². The van der Waals surface area contributed by atoms with E-state index in [1.165, 1.54) is 31.8 Å². The van der Waals surface area contributed by atoms with Crippen molar-refractivity contribution in [3.8, 4) is 23.7 Å². The van der Waals surface area contributed by atoms with Gasteiger partial charge in [-0.2, -0.15) is 0 Å². The van der Waals surface area contributed by atoms with Crippen LogP contribution in [-0.2, 0) is 0 Å². The molecule has 0 spiro atoms. The first-order valence-corrected chi connectivity index (χ1v) is 6.44. The van der Waals surface area contributed by atoms with Crippen LogP contribution in [0.1, 0.15) is 39.0 Å². The molecule has 1 unspecified atom stereocenters. The molecule has 96 valence electrons. The quantitative estimate of drug-likeness (QED) is 0.313. The molecular weight excluding hydrogens is 220 g/mol. The molecule has 0 aliphatic rings. The normalized spacial score (nSPS) is 11.7. The van der Waals surface area contributed by atoms with Crippen LogP contribution in [0.2, 0.25) is 0 Å². The first-order chi connectivity index (χ1) is 8.81. The Balaban J connectivity index is 3.69. The van der Waals surface area contributed by atoms with Gasteiger partial charge in [-0.15, -0.1) is 0 Å². The van der Waals surface area contributed by atoms with Crippen LogP contribution in [0.3, 0.4) is 0 Å². The van der Waals surface area contributed by atoms with E-state index in [2.05, 4.69) is 43.3 Å². The van der Waals surface area contributed by atoms with Crippen LogP contribution in [-0.4, -0.2) is 11.2 Å². The van der Waals surface area contributed by atoms with Crippen molar-refractivity contribution in [2.45, 2.75) is 45.1 Å². The largest absolute Gasteiger partial charge is 0.377 e. The molecule has 0 rings (SSSR count). The van der Waals surface area contributed by atoms with Crippen molar-refractivity contribution in [3.63, 3.8) is 0 Å². The number of allylic oxidation sites excluding steroid dienone is 4. The molecule has 18 heavy (non-hydrogen) atoms. The lowest BCUT2D eigenvalue weighted by atomic mass is 10.1. The van der Waals surface area contributed by atoms with Crippen LogP contribution in [0, 0.1) is 23.7 Å².